The van der Waals surface area contributed by atoms with Crippen molar-refractivity contribution in [1.82, 2.24) is 4.90 Å². The fourth-order valence-corrected chi connectivity index (χ4v) is 4.52. The minimum atomic E-state index is -0.895. The molecule has 2 aromatic heterocycles. The van der Waals surface area contributed by atoms with E-state index in [0.717, 1.165) is 12.8 Å². The van der Waals surface area contributed by atoms with Gasteiger partial charge in [-0.2, -0.15) is 0 Å². The van der Waals surface area contributed by atoms with Crippen LogP contribution in [0.15, 0.2) is 56.8 Å². The van der Waals surface area contributed by atoms with E-state index in [1.807, 2.05) is 0 Å². The average molecular weight is 458 g/mol. The van der Waals surface area contributed by atoms with Gasteiger partial charge in [-0.3, -0.25) is 9.59 Å². The van der Waals surface area contributed by atoms with Gasteiger partial charge in [0.1, 0.15) is 11.8 Å². The van der Waals surface area contributed by atoms with Gasteiger partial charge in [0, 0.05) is 29.6 Å². The molecule has 2 unspecified atom stereocenters. The number of halogens is 1. The van der Waals surface area contributed by atoms with Crippen LogP contribution >= 0.6 is 11.6 Å². The van der Waals surface area contributed by atoms with Crippen molar-refractivity contribution >= 4 is 34.3 Å². The van der Waals surface area contributed by atoms with E-state index in [1.54, 1.807) is 24.3 Å². The van der Waals surface area contributed by atoms with Crippen LogP contribution in [0.4, 0.5) is 0 Å². The first-order valence-electron chi connectivity index (χ1n) is 10.2. The zero-order valence-electron chi connectivity index (χ0n) is 17.2. The summed E-state index contributed by atoms with van der Waals surface area (Å²) in [6, 6.07) is 7.16. The summed E-state index contributed by atoms with van der Waals surface area (Å²) in [6.07, 6.45) is 2.97. The molecule has 1 saturated heterocycles. The van der Waals surface area contributed by atoms with Crippen LogP contribution in [0.3, 0.4) is 0 Å². The van der Waals surface area contributed by atoms with E-state index in [0.29, 0.717) is 34.1 Å². The number of furan rings is 2. The quantitative estimate of drug-likeness (QED) is 0.545. The van der Waals surface area contributed by atoms with Crippen molar-refractivity contribution in [3.8, 4) is 5.75 Å². The summed E-state index contributed by atoms with van der Waals surface area (Å²) in [7, 11) is 1.47. The normalized spacial score (nSPS) is 21.2. The van der Waals surface area contributed by atoms with Gasteiger partial charge in [0.15, 0.2) is 22.9 Å². The largest absolute Gasteiger partial charge is 0.503 e. The molecule has 8 nitrogen and oxygen atoms in total. The van der Waals surface area contributed by atoms with E-state index in [4.69, 9.17) is 29.9 Å². The topological polar surface area (TPSA) is 102 Å². The van der Waals surface area contributed by atoms with Gasteiger partial charge in [-0.25, -0.2) is 0 Å². The minimum Gasteiger partial charge on any atom is -0.503 e. The number of aliphatic hydroxyl groups is 1. The number of fused-ring (bicyclic) bond motifs is 1. The molecule has 166 valence electrons. The van der Waals surface area contributed by atoms with Crippen molar-refractivity contribution in [3.63, 3.8) is 0 Å². The van der Waals surface area contributed by atoms with Gasteiger partial charge in [0.05, 0.1) is 25.1 Å². The molecule has 0 aliphatic carbocycles. The number of amides is 1. The smallest absolute Gasteiger partial charge is 0.290 e. The molecular weight excluding hydrogens is 438 g/mol. The van der Waals surface area contributed by atoms with Gasteiger partial charge < -0.3 is 28.3 Å². The second-order valence-electron chi connectivity index (χ2n) is 7.74. The Kier molecular flexibility index (Phi) is 5.19. The number of ether oxygens (including phenoxy) is 2. The molecule has 32 heavy (non-hydrogen) atoms. The number of carbonyl (C=O) groups excluding carboxylic acids is 2. The first kappa shape index (κ1) is 20.7. The SMILES string of the molecule is COc1cc(Cl)cc2cc(C(=O)C3=C(O)C(=O)N(CC4CCCO4)C3c3ccco3)oc12. The van der Waals surface area contributed by atoms with Crippen LogP contribution in [0.1, 0.15) is 35.2 Å². The van der Waals surface area contributed by atoms with Crippen molar-refractivity contribution in [2.45, 2.75) is 25.0 Å². The summed E-state index contributed by atoms with van der Waals surface area (Å²) in [6.45, 7) is 0.849. The molecule has 0 radical (unpaired) electrons. The van der Waals surface area contributed by atoms with Crippen molar-refractivity contribution in [2.24, 2.45) is 0 Å². The van der Waals surface area contributed by atoms with Crippen molar-refractivity contribution in [1.29, 1.82) is 0 Å². The number of aliphatic hydroxyl groups excluding tert-OH is 1. The number of carbonyl (C=O) groups is 2. The minimum absolute atomic E-state index is 0.0505. The maximum absolute atomic E-state index is 13.5. The molecule has 1 aromatic carbocycles. The van der Waals surface area contributed by atoms with Gasteiger partial charge in [-0.1, -0.05) is 11.6 Å². The highest BCUT2D eigenvalue weighted by Gasteiger charge is 2.46. The molecule has 1 fully saturated rings. The van der Waals surface area contributed by atoms with E-state index in [-0.39, 0.29) is 24.0 Å². The van der Waals surface area contributed by atoms with Gasteiger partial charge in [-0.15, -0.1) is 0 Å². The van der Waals surface area contributed by atoms with Crippen LogP contribution in [-0.4, -0.2) is 48.1 Å². The van der Waals surface area contributed by atoms with Crippen molar-refractivity contribution in [2.75, 3.05) is 20.3 Å². The molecule has 1 amide bonds. The third-order valence-corrected chi connectivity index (χ3v) is 5.99. The van der Waals surface area contributed by atoms with Crippen molar-refractivity contribution in [3.05, 3.63) is 64.5 Å². The number of hydrogen-bond donors (Lipinski definition) is 1. The maximum atomic E-state index is 13.5. The Morgan fingerprint density at radius 3 is 2.88 bits per heavy atom. The van der Waals surface area contributed by atoms with Crippen LogP contribution < -0.4 is 4.74 Å². The first-order valence-corrected chi connectivity index (χ1v) is 10.6. The highest BCUT2D eigenvalue weighted by molar-refractivity contribution is 6.31. The Morgan fingerprint density at radius 2 is 2.19 bits per heavy atom. The third kappa shape index (κ3) is 3.36. The molecule has 2 aliphatic heterocycles. The summed E-state index contributed by atoms with van der Waals surface area (Å²) < 4.78 is 22.3. The molecule has 4 heterocycles. The Balaban J connectivity index is 1.56. The average Bonchev–Trinajstić information content (AvgIpc) is 3.57. The summed E-state index contributed by atoms with van der Waals surface area (Å²) >= 11 is 6.12. The first-order chi connectivity index (χ1) is 15.5. The fourth-order valence-electron chi connectivity index (χ4n) is 4.31. The number of methoxy groups -OCH3 is 1. The van der Waals surface area contributed by atoms with E-state index in [1.165, 1.54) is 24.3 Å². The Labute approximate surface area is 187 Å². The standard InChI is InChI=1S/C23H20ClNO7/c1-29-17-10-13(24)8-12-9-16(32-22(12)17)20(26)18-19(15-5-3-7-31-15)25(23(28)21(18)27)11-14-4-2-6-30-14/h3,5,7-10,14,19,27H,2,4,6,11H2,1H3. The molecule has 9 heteroatoms. The lowest BCUT2D eigenvalue weighted by Gasteiger charge is -2.27. The lowest BCUT2D eigenvalue weighted by molar-refractivity contribution is -0.131. The van der Waals surface area contributed by atoms with E-state index in [2.05, 4.69) is 0 Å². The van der Waals surface area contributed by atoms with Crippen LogP contribution in [-0.2, 0) is 9.53 Å². The molecule has 0 bridgehead atoms. The van der Waals surface area contributed by atoms with Gasteiger partial charge in [-0.05, 0) is 37.1 Å². The molecule has 2 aliphatic rings. The van der Waals surface area contributed by atoms with Crippen LogP contribution in [0.25, 0.3) is 11.0 Å². The Bertz CT molecular complexity index is 1220. The second kappa shape index (κ2) is 8.03. The predicted octanol–water partition coefficient (Wildman–Crippen LogP) is 4.45. The molecule has 5 rings (SSSR count). The summed E-state index contributed by atoms with van der Waals surface area (Å²) in [5.74, 6) is -1.22. The Morgan fingerprint density at radius 1 is 1.34 bits per heavy atom. The highest BCUT2D eigenvalue weighted by Crippen LogP contribution is 2.41. The van der Waals surface area contributed by atoms with Gasteiger partial charge >= 0.3 is 0 Å². The number of ketones is 1. The van der Waals surface area contributed by atoms with E-state index in [9.17, 15) is 14.7 Å². The molecule has 3 aromatic rings. The van der Waals surface area contributed by atoms with E-state index >= 15 is 0 Å². The fraction of sp³-hybridized carbons (Fsp3) is 0.304. The van der Waals surface area contributed by atoms with Crippen LogP contribution in [0.2, 0.25) is 5.02 Å². The van der Waals surface area contributed by atoms with Crippen LogP contribution in [0, 0.1) is 0 Å². The van der Waals surface area contributed by atoms with Crippen molar-refractivity contribution < 1.29 is 33.0 Å². The maximum Gasteiger partial charge on any atom is 0.290 e. The lowest BCUT2D eigenvalue weighted by atomic mass is 9.99. The molecule has 1 N–H and O–H groups in total. The summed E-state index contributed by atoms with van der Waals surface area (Å²) in [5, 5.41) is 11.7. The Hall–Kier alpha value is -3.23. The monoisotopic (exact) mass is 457 g/mol. The lowest BCUT2D eigenvalue weighted by Crippen LogP contribution is -2.37. The van der Waals surface area contributed by atoms with E-state index < -0.39 is 23.5 Å². The number of hydrogen-bond acceptors (Lipinski definition) is 7. The third-order valence-electron chi connectivity index (χ3n) is 5.78. The number of rotatable bonds is 6. The zero-order valence-corrected chi connectivity index (χ0v) is 17.9. The summed E-state index contributed by atoms with van der Waals surface area (Å²) in [5.41, 5.74) is 0.238. The highest BCUT2D eigenvalue weighted by atomic mass is 35.5. The molecule has 2 atom stereocenters. The van der Waals surface area contributed by atoms with Gasteiger partial charge in [0.2, 0.25) is 5.78 Å². The molecule has 0 spiro atoms. The van der Waals surface area contributed by atoms with Gasteiger partial charge in [0.25, 0.3) is 5.91 Å². The zero-order chi connectivity index (χ0) is 22.4. The number of Topliss-reactive ketones (excluding diaryl/α,β-unsaturated/α-hetero) is 1. The summed E-state index contributed by atoms with van der Waals surface area (Å²) in [4.78, 5) is 27.9. The van der Waals surface area contributed by atoms with Crippen LogP contribution in [0.5, 0.6) is 5.75 Å². The second-order valence-corrected chi connectivity index (χ2v) is 8.18. The predicted molar refractivity (Wildman–Crippen MR) is 114 cm³/mol. The number of nitrogens with zero attached hydrogens (tertiary/aromatic N) is 1. The molecular formula is C23H20ClNO7. The number of benzene rings is 1. The molecule has 0 saturated carbocycles.